The van der Waals surface area contributed by atoms with Gasteiger partial charge in [0.1, 0.15) is 17.0 Å². The Morgan fingerprint density at radius 3 is 2.10 bits per heavy atom. The van der Waals surface area contributed by atoms with Crippen molar-refractivity contribution in [2.45, 2.75) is 149 Å². The molecule has 5 heterocycles. The number of β-amino-alcohol motifs (C(OH)–C–C–N with tert-alkyl or cyclic N) is 1. The second-order valence-corrected chi connectivity index (χ2v) is 36.2. The van der Waals surface area contributed by atoms with Crippen molar-refractivity contribution in [2.75, 3.05) is 108 Å². The number of aliphatic hydroxyl groups is 1. The number of aryl methyl sites for hydroxylation is 1. The van der Waals surface area contributed by atoms with Gasteiger partial charge in [0.15, 0.2) is 0 Å². The van der Waals surface area contributed by atoms with Crippen LogP contribution in [-0.4, -0.2) is 209 Å². The van der Waals surface area contributed by atoms with Gasteiger partial charge < -0.3 is 40.7 Å². The molecule has 5 amide bonds. The van der Waals surface area contributed by atoms with E-state index in [9.17, 15) is 59.1 Å². The Bertz CT molecular complexity index is 4390. The number of aliphatic hydroxyl groups excluding tert-OH is 1. The molecule has 21 nitrogen and oxygen atoms in total. The van der Waals surface area contributed by atoms with Crippen molar-refractivity contribution < 1.29 is 59.1 Å². The van der Waals surface area contributed by atoms with E-state index in [2.05, 4.69) is 59.7 Å². The molecule has 1 aromatic heterocycles. The summed E-state index contributed by atoms with van der Waals surface area (Å²) in [5, 5.41) is 20.4. The van der Waals surface area contributed by atoms with E-state index in [0.29, 0.717) is 88.0 Å². The molecule has 11 rings (SSSR count). The summed E-state index contributed by atoms with van der Waals surface area (Å²) in [5.41, 5.74) is 2.71. The standard InChI is InChI=1S/C78H97ClF3N11O10S4/c1-52(54-17-19-56(20-18-54)71-53(2)83-51-105-71)84-74(98)67-43-62(94)47-93(67)75(99)72(76(3,4)5)86-69(95)15-11-8-12-16-70(96)92-41-35-89(36-42-92)34-32-60(48-104-63-13-9-7-10-14-63)85-66-30-29-64(44-68(66)106(100,101)78(80,81)82)107(102,103)87-73(97)57-23-27-61(28-24-57)91-39-37-90(38-40-91)46-58-45-77(49-88(6)50-77)33-31-65(58)55-21-25-59(79)26-22-55/h7,9-10,13-14,17-30,44,51-52,60,62,67,72,85,94H,8,11-12,15-16,31-43,45-50H2,1-6H3,(H,84,98)(H,86,95)(H,87,97)/t52-,60+,62+,67-,72+/m0/s1. The van der Waals surface area contributed by atoms with E-state index < -0.39 is 94.3 Å². The van der Waals surface area contributed by atoms with Gasteiger partial charge >= 0.3 is 5.51 Å². The zero-order chi connectivity index (χ0) is 76.6. The maximum Gasteiger partial charge on any atom is 0.501 e. The quantitative estimate of drug-likeness (QED) is 0.0226. The molecule has 0 unspecified atom stereocenters. The molecule has 107 heavy (non-hydrogen) atoms. The van der Waals surface area contributed by atoms with Crippen LogP contribution in [0.4, 0.5) is 24.5 Å². The molecule has 5 aromatic carbocycles. The lowest BCUT2D eigenvalue weighted by Crippen LogP contribution is -2.57. The predicted octanol–water partition coefficient (Wildman–Crippen LogP) is 11.3. The van der Waals surface area contributed by atoms with Crippen LogP contribution in [0.2, 0.25) is 5.02 Å². The third-order valence-corrected chi connectivity index (χ3v) is 26.4. The highest BCUT2D eigenvalue weighted by Gasteiger charge is 2.50. The number of hydrogen-bond donors (Lipinski definition) is 5. The zero-order valence-electron chi connectivity index (χ0n) is 61.4. The lowest BCUT2D eigenvalue weighted by Gasteiger charge is -2.52. The number of anilines is 2. The highest BCUT2D eigenvalue weighted by molar-refractivity contribution is 7.99. The van der Waals surface area contributed by atoms with Crippen molar-refractivity contribution in [3.63, 3.8) is 0 Å². The molecule has 4 saturated heterocycles. The number of allylic oxidation sites excluding steroid dienone is 1. The Morgan fingerprint density at radius 2 is 1.46 bits per heavy atom. The van der Waals surface area contributed by atoms with Gasteiger partial charge in [0.05, 0.1) is 38.8 Å². The number of piperazine rings is 2. The van der Waals surface area contributed by atoms with Gasteiger partial charge in [0.25, 0.3) is 25.8 Å². The molecule has 0 radical (unpaired) electrons. The van der Waals surface area contributed by atoms with Gasteiger partial charge in [0.2, 0.25) is 23.6 Å². The first kappa shape index (κ1) is 80.6. The Labute approximate surface area is 639 Å². The van der Waals surface area contributed by atoms with Gasteiger partial charge in [-0.25, -0.2) is 26.5 Å². The summed E-state index contributed by atoms with van der Waals surface area (Å²) >= 11 is 9.21. The van der Waals surface area contributed by atoms with E-state index in [-0.39, 0.29) is 48.9 Å². The first-order valence-corrected chi connectivity index (χ1v) is 41.8. The number of likely N-dealkylation sites (tertiary alicyclic amines) is 2. The number of benzene rings is 5. The van der Waals surface area contributed by atoms with Crippen LogP contribution < -0.4 is 25.6 Å². The number of carbonyl (C=O) groups excluding carboxylic acids is 5. The summed E-state index contributed by atoms with van der Waals surface area (Å²) in [5.74, 6) is -2.10. The monoisotopic (exact) mass is 1570 g/mol. The molecule has 576 valence electrons. The van der Waals surface area contributed by atoms with Crippen LogP contribution in [0.25, 0.3) is 16.0 Å². The van der Waals surface area contributed by atoms with Crippen molar-refractivity contribution in [1.82, 2.24) is 44.8 Å². The van der Waals surface area contributed by atoms with E-state index in [0.717, 1.165) is 96.4 Å². The van der Waals surface area contributed by atoms with Crippen LogP contribution in [0.1, 0.15) is 125 Å². The number of carbonyl (C=O) groups is 5. The summed E-state index contributed by atoms with van der Waals surface area (Å²) in [6.45, 7) is 17.4. The zero-order valence-corrected chi connectivity index (χ0v) is 65.4. The highest BCUT2D eigenvalue weighted by atomic mass is 35.5. The number of nitrogens with one attached hydrogen (secondary N) is 4. The number of unbranched alkanes of at least 4 members (excludes halogenated alkanes) is 2. The molecule has 29 heteroatoms. The van der Waals surface area contributed by atoms with Crippen molar-refractivity contribution in [3.05, 3.63) is 160 Å². The van der Waals surface area contributed by atoms with Gasteiger partial charge in [-0.1, -0.05) is 99.0 Å². The van der Waals surface area contributed by atoms with Crippen molar-refractivity contribution >= 4 is 101 Å². The van der Waals surface area contributed by atoms with Gasteiger partial charge in [0, 0.05) is 137 Å². The molecular formula is C78H97ClF3N11O10S4. The molecule has 0 bridgehead atoms. The van der Waals surface area contributed by atoms with Crippen LogP contribution >= 0.6 is 34.7 Å². The summed E-state index contributed by atoms with van der Waals surface area (Å²) in [7, 11) is -8.97. The minimum absolute atomic E-state index is 0.0394. The molecule has 5 aliphatic rings. The third kappa shape index (κ3) is 20.4. The minimum Gasteiger partial charge on any atom is -0.391 e. The van der Waals surface area contributed by atoms with Gasteiger partial charge in [-0.05, 0) is 159 Å². The number of amides is 5. The molecule has 1 aliphatic carbocycles. The SMILES string of the molecule is Cc1ncsc1-c1ccc([C@H](C)NC(=O)[C@@H]2C[C@@H](O)CN2C(=O)[C@@H](NC(=O)CCCCCC(=O)N2CCN(CC[C@H](CSc3ccccc3)Nc3ccc(S(=O)(=O)NC(=O)c4ccc(N5CCN(CC6=C(c7ccc(Cl)cc7)CCC7(C6)CN(C)C7)CC5)cc4)cc3S(=O)(=O)C(F)(F)F)CC2)C(C)(C)C)cc1. The number of thiazole rings is 1. The Hall–Kier alpha value is -7.41. The van der Waals surface area contributed by atoms with Crippen LogP contribution in [-0.2, 0) is 39.0 Å². The first-order chi connectivity index (χ1) is 50.8. The second kappa shape index (κ2) is 34.7. The van der Waals surface area contributed by atoms with Crippen LogP contribution in [0, 0.1) is 17.8 Å². The highest BCUT2D eigenvalue weighted by Crippen LogP contribution is 2.48. The van der Waals surface area contributed by atoms with Gasteiger partial charge in [-0.15, -0.1) is 23.1 Å². The van der Waals surface area contributed by atoms with Crippen LogP contribution in [0.15, 0.2) is 147 Å². The average molecular weight is 1570 g/mol. The Kier molecular flexibility index (Phi) is 26.1. The largest absolute Gasteiger partial charge is 0.501 e. The van der Waals surface area contributed by atoms with E-state index in [1.54, 1.807) is 33.9 Å². The number of hydrogen-bond acceptors (Lipinski definition) is 18. The van der Waals surface area contributed by atoms with E-state index in [4.69, 9.17) is 11.6 Å². The number of sulfone groups is 1. The topological polar surface area (TPSA) is 254 Å². The first-order valence-electron chi connectivity index (χ1n) is 36.6. The molecule has 4 fully saturated rings. The molecule has 6 aromatic rings. The number of thioether (sulfide) groups is 1. The Morgan fingerprint density at radius 1 is 0.794 bits per heavy atom. The number of rotatable bonds is 28. The van der Waals surface area contributed by atoms with Crippen molar-refractivity contribution in [3.8, 4) is 10.4 Å². The number of halogens is 4. The number of aromatic nitrogens is 1. The molecule has 5 N–H and O–H groups in total. The number of nitrogens with zero attached hydrogens (tertiary/aromatic N) is 7. The average Bonchev–Trinajstić information content (AvgIpc) is 1.41. The van der Waals surface area contributed by atoms with Crippen molar-refractivity contribution in [2.24, 2.45) is 10.8 Å². The molecular weight excluding hydrogens is 1470 g/mol. The minimum atomic E-state index is -6.19. The van der Waals surface area contributed by atoms with Crippen LogP contribution in [0.5, 0.6) is 0 Å². The number of sulfonamides is 1. The van der Waals surface area contributed by atoms with Crippen LogP contribution in [0.3, 0.4) is 0 Å². The molecule has 4 aliphatic heterocycles. The normalized spacial score (nSPS) is 19.3. The fraction of sp³-hybridized carbons (Fsp3) is 0.487. The summed E-state index contributed by atoms with van der Waals surface area (Å²) in [4.78, 5) is 85.1. The lowest BCUT2D eigenvalue weighted by molar-refractivity contribution is -0.144. The lowest BCUT2D eigenvalue weighted by atomic mass is 9.66. The predicted molar refractivity (Wildman–Crippen MR) is 413 cm³/mol. The fourth-order valence-electron chi connectivity index (χ4n) is 15.2. The van der Waals surface area contributed by atoms with E-state index in [1.807, 2.05) is 106 Å². The third-order valence-electron chi connectivity index (χ3n) is 21.1. The number of alkyl halides is 3. The van der Waals surface area contributed by atoms with Crippen molar-refractivity contribution in [1.29, 1.82) is 0 Å². The van der Waals surface area contributed by atoms with E-state index >= 15 is 0 Å². The molecule has 1 spiro atoms. The summed E-state index contributed by atoms with van der Waals surface area (Å²) < 4.78 is 101. The Balaban J connectivity index is 0.644. The smallest absolute Gasteiger partial charge is 0.391 e. The van der Waals surface area contributed by atoms with Gasteiger partial charge in [-0.3, -0.25) is 33.8 Å². The summed E-state index contributed by atoms with van der Waals surface area (Å²) in [6.07, 6.45) is 4.48. The molecule has 5 atom stereocenters. The second-order valence-electron chi connectivity index (χ2n) is 30.2. The maximum absolute atomic E-state index is 14.6. The fourth-order valence-corrected chi connectivity index (χ4v) is 19.2. The summed E-state index contributed by atoms with van der Waals surface area (Å²) in [6, 6.07) is 30.9. The van der Waals surface area contributed by atoms with Gasteiger partial charge in [-0.2, -0.15) is 13.2 Å². The van der Waals surface area contributed by atoms with E-state index in [1.165, 1.54) is 45.5 Å². The molecule has 0 saturated carbocycles. The maximum atomic E-state index is 14.6.